The third-order valence-electron chi connectivity index (χ3n) is 7.05. The molecule has 1 saturated heterocycles. The number of ether oxygens (including phenoxy) is 1. The molecule has 2 aliphatic rings. The number of benzene rings is 2. The molecule has 174 valence electrons. The van der Waals surface area contributed by atoms with E-state index in [1.54, 1.807) is 6.20 Å². The molecule has 2 fully saturated rings. The third-order valence-corrected chi connectivity index (χ3v) is 7.05. The van der Waals surface area contributed by atoms with E-state index in [0.717, 1.165) is 53.5 Å². The van der Waals surface area contributed by atoms with Gasteiger partial charge in [-0.2, -0.15) is 0 Å². The highest BCUT2D eigenvalue weighted by atomic mass is 16.5. The van der Waals surface area contributed by atoms with E-state index in [9.17, 15) is 5.11 Å². The number of rotatable bonds is 7. The van der Waals surface area contributed by atoms with Crippen molar-refractivity contribution in [2.24, 2.45) is 0 Å². The summed E-state index contributed by atoms with van der Waals surface area (Å²) in [7, 11) is 0. The monoisotopic (exact) mass is 455 g/mol. The Morgan fingerprint density at radius 3 is 2.68 bits per heavy atom. The molecule has 1 aliphatic carbocycles. The predicted molar refractivity (Wildman–Crippen MR) is 132 cm³/mol. The maximum atomic E-state index is 11.0. The summed E-state index contributed by atoms with van der Waals surface area (Å²) in [5.41, 5.74) is 9.35. The van der Waals surface area contributed by atoms with E-state index in [4.69, 9.17) is 15.5 Å². The second-order valence-corrected chi connectivity index (χ2v) is 9.61. The lowest BCUT2D eigenvalue weighted by molar-refractivity contribution is -0.0835. The molecule has 1 saturated carbocycles. The number of aromatic nitrogens is 3. The van der Waals surface area contributed by atoms with E-state index in [1.807, 2.05) is 65.2 Å². The van der Waals surface area contributed by atoms with Gasteiger partial charge in [-0.1, -0.05) is 42.5 Å². The molecule has 6 rings (SSSR count). The normalized spacial score (nSPS) is 22.3. The summed E-state index contributed by atoms with van der Waals surface area (Å²) in [5, 5.41) is 11.0. The minimum atomic E-state index is -0.624. The van der Waals surface area contributed by atoms with Gasteiger partial charge in [0.25, 0.3) is 0 Å². The Hall–Kier alpha value is -3.42. The van der Waals surface area contributed by atoms with Crippen LogP contribution in [0.5, 0.6) is 5.75 Å². The van der Waals surface area contributed by atoms with Gasteiger partial charge in [-0.25, -0.2) is 9.97 Å². The molecule has 2 aromatic heterocycles. The van der Waals surface area contributed by atoms with Crippen molar-refractivity contribution in [2.75, 3.05) is 25.4 Å². The van der Waals surface area contributed by atoms with E-state index in [1.165, 1.54) is 6.42 Å². The third kappa shape index (κ3) is 3.91. The van der Waals surface area contributed by atoms with Crippen molar-refractivity contribution in [3.63, 3.8) is 0 Å². The Bertz CT molecular complexity index is 1310. The first kappa shape index (κ1) is 21.1. The van der Waals surface area contributed by atoms with E-state index >= 15 is 0 Å². The second kappa shape index (κ2) is 8.42. The van der Waals surface area contributed by atoms with Crippen molar-refractivity contribution in [2.45, 2.75) is 37.4 Å². The molecule has 3 N–H and O–H groups in total. The van der Waals surface area contributed by atoms with E-state index in [-0.39, 0.29) is 5.92 Å². The van der Waals surface area contributed by atoms with Crippen molar-refractivity contribution < 1.29 is 9.84 Å². The highest BCUT2D eigenvalue weighted by molar-refractivity contribution is 5.85. The standard InChI is InChI=1S/C27H29N5O2/c28-25-24-23(20-8-4-9-22(14-20)34-17-19-6-2-1-3-7-19)30-26(32(24)13-10-29-25)21-15-27(33,16-21)18-31-11-5-12-31/h1-4,6-10,13-14,21,33H,5,11-12,15-18H2,(H2,28,29)/t21-,27+. The topological polar surface area (TPSA) is 88.9 Å². The first-order chi connectivity index (χ1) is 16.6. The molecule has 0 radical (unpaired) electrons. The van der Waals surface area contributed by atoms with Crippen molar-refractivity contribution in [1.82, 2.24) is 19.3 Å². The quantitative estimate of drug-likeness (QED) is 0.440. The average molecular weight is 456 g/mol. The van der Waals surface area contributed by atoms with Crippen LogP contribution in [0.25, 0.3) is 16.8 Å². The van der Waals surface area contributed by atoms with Gasteiger partial charge in [0.05, 0.1) is 5.60 Å². The van der Waals surface area contributed by atoms with Crippen LogP contribution in [0.2, 0.25) is 0 Å². The summed E-state index contributed by atoms with van der Waals surface area (Å²) >= 11 is 0. The lowest BCUT2D eigenvalue weighted by atomic mass is 9.70. The van der Waals surface area contributed by atoms with Crippen LogP contribution in [0.1, 0.15) is 36.6 Å². The van der Waals surface area contributed by atoms with Crippen LogP contribution in [0, 0.1) is 0 Å². The molecule has 1 aliphatic heterocycles. The first-order valence-corrected chi connectivity index (χ1v) is 11.9. The molecule has 0 spiro atoms. The highest BCUT2D eigenvalue weighted by Crippen LogP contribution is 2.46. The molecule has 4 aromatic rings. The smallest absolute Gasteiger partial charge is 0.150 e. The number of hydrogen-bond acceptors (Lipinski definition) is 6. The van der Waals surface area contributed by atoms with Gasteiger partial charge in [0.15, 0.2) is 0 Å². The van der Waals surface area contributed by atoms with Crippen molar-refractivity contribution in [3.8, 4) is 17.0 Å². The van der Waals surface area contributed by atoms with E-state index < -0.39 is 5.60 Å². The molecule has 0 amide bonds. The second-order valence-electron chi connectivity index (χ2n) is 9.61. The molecule has 34 heavy (non-hydrogen) atoms. The molecule has 0 bridgehead atoms. The van der Waals surface area contributed by atoms with Crippen LogP contribution in [0.3, 0.4) is 0 Å². The fraction of sp³-hybridized carbons (Fsp3) is 0.333. The Morgan fingerprint density at radius 2 is 1.91 bits per heavy atom. The minimum absolute atomic E-state index is 0.187. The van der Waals surface area contributed by atoms with Crippen LogP contribution in [-0.4, -0.2) is 49.6 Å². The van der Waals surface area contributed by atoms with Gasteiger partial charge < -0.3 is 20.5 Å². The lowest BCUT2D eigenvalue weighted by Gasteiger charge is -2.47. The molecule has 0 unspecified atom stereocenters. The van der Waals surface area contributed by atoms with Gasteiger partial charge in [0.1, 0.15) is 35.2 Å². The Morgan fingerprint density at radius 1 is 1.09 bits per heavy atom. The van der Waals surface area contributed by atoms with Gasteiger partial charge in [-0.15, -0.1) is 0 Å². The Kier molecular flexibility index (Phi) is 5.23. The average Bonchev–Trinajstić information content (AvgIpc) is 3.20. The summed E-state index contributed by atoms with van der Waals surface area (Å²) in [6.07, 6.45) is 6.28. The van der Waals surface area contributed by atoms with Crippen LogP contribution >= 0.6 is 0 Å². The zero-order valence-corrected chi connectivity index (χ0v) is 19.1. The SMILES string of the molecule is Nc1nccn2c1c(-c1cccc(OCc3ccccc3)c1)nc2[C@H]1C[C@](O)(CN2CCC2)C1. The van der Waals surface area contributed by atoms with Gasteiger partial charge in [-0.3, -0.25) is 4.40 Å². The van der Waals surface area contributed by atoms with E-state index in [0.29, 0.717) is 25.3 Å². The van der Waals surface area contributed by atoms with Crippen molar-refractivity contribution in [3.05, 3.63) is 78.4 Å². The maximum absolute atomic E-state index is 11.0. The predicted octanol–water partition coefficient (Wildman–Crippen LogP) is 3.87. The number of nitrogens with zero attached hydrogens (tertiary/aromatic N) is 4. The van der Waals surface area contributed by atoms with Crippen LogP contribution in [0.15, 0.2) is 67.0 Å². The minimum Gasteiger partial charge on any atom is -0.489 e. The molecule has 7 heteroatoms. The highest BCUT2D eigenvalue weighted by Gasteiger charge is 2.46. The molecular formula is C27H29N5O2. The first-order valence-electron chi connectivity index (χ1n) is 11.9. The van der Waals surface area contributed by atoms with E-state index in [2.05, 4.69) is 9.88 Å². The number of anilines is 1. The summed E-state index contributed by atoms with van der Waals surface area (Å²) in [6.45, 7) is 3.44. The number of fused-ring (bicyclic) bond motifs is 1. The Labute approximate surface area is 198 Å². The number of aliphatic hydroxyl groups is 1. The lowest BCUT2D eigenvalue weighted by Crippen LogP contribution is -2.54. The fourth-order valence-corrected chi connectivity index (χ4v) is 5.18. The molecular weight excluding hydrogens is 426 g/mol. The summed E-state index contributed by atoms with van der Waals surface area (Å²) in [6, 6.07) is 18.1. The number of likely N-dealkylation sites (tertiary alicyclic amines) is 1. The largest absolute Gasteiger partial charge is 0.489 e. The van der Waals surface area contributed by atoms with Crippen molar-refractivity contribution in [1.29, 1.82) is 0 Å². The number of nitrogens with two attached hydrogens (primary N) is 1. The number of imidazole rings is 1. The van der Waals surface area contributed by atoms with Crippen molar-refractivity contribution >= 4 is 11.3 Å². The summed E-state index contributed by atoms with van der Waals surface area (Å²) < 4.78 is 8.09. The van der Waals surface area contributed by atoms with Gasteiger partial charge >= 0.3 is 0 Å². The zero-order chi connectivity index (χ0) is 23.1. The Balaban J connectivity index is 1.28. The van der Waals surface area contributed by atoms with Crippen LogP contribution < -0.4 is 10.5 Å². The summed E-state index contributed by atoms with van der Waals surface area (Å²) in [4.78, 5) is 11.7. The summed E-state index contributed by atoms with van der Waals surface area (Å²) in [5.74, 6) is 2.34. The molecule has 2 aromatic carbocycles. The molecule has 0 atom stereocenters. The van der Waals surface area contributed by atoms with Gasteiger partial charge in [-0.05, 0) is 50.0 Å². The fourth-order valence-electron chi connectivity index (χ4n) is 5.18. The molecule has 7 nitrogen and oxygen atoms in total. The van der Waals surface area contributed by atoms with Crippen LogP contribution in [-0.2, 0) is 6.61 Å². The van der Waals surface area contributed by atoms with Crippen LogP contribution in [0.4, 0.5) is 5.82 Å². The van der Waals surface area contributed by atoms with Gasteiger partial charge in [0, 0.05) is 30.4 Å². The number of nitrogen functional groups attached to an aromatic ring is 1. The zero-order valence-electron chi connectivity index (χ0n) is 19.1. The molecule has 3 heterocycles. The van der Waals surface area contributed by atoms with Gasteiger partial charge in [0.2, 0.25) is 0 Å². The maximum Gasteiger partial charge on any atom is 0.150 e. The number of β-amino-alcohol motifs (C(OH)–C–C–N with tert-alkyl or cyclic N) is 1. The number of hydrogen-bond donors (Lipinski definition) is 2.